The Hall–Kier alpha value is -0.0800. The van der Waals surface area contributed by atoms with Gasteiger partial charge in [0.2, 0.25) is 0 Å². The standard InChI is InChI=1S/C9H19NO/c10-11-8-4-7-9-5-2-1-3-6-9/h9H,1-8,10H2. The van der Waals surface area contributed by atoms with Gasteiger partial charge >= 0.3 is 0 Å². The van der Waals surface area contributed by atoms with Gasteiger partial charge in [-0.3, -0.25) is 0 Å². The number of nitrogens with two attached hydrogens (primary N) is 1. The van der Waals surface area contributed by atoms with Gasteiger partial charge in [0, 0.05) is 0 Å². The van der Waals surface area contributed by atoms with Gasteiger partial charge in [-0.05, 0) is 18.8 Å². The molecule has 1 aliphatic rings. The first-order chi connectivity index (χ1) is 5.43. The molecule has 0 aliphatic heterocycles. The molecule has 0 atom stereocenters. The molecule has 1 rings (SSSR count). The van der Waals surface area contributed by atoms with Crippen molar-refractivity contribution in [1.82, 2.24) is 0 Å². The van der Waals surface area contributed by atoms with Gasteiger partial charge in [-0.2, -0.15) is 0 Å². The lowest BCUT2D eigenvalue weighted by Gasteiger charge is -2.20. The van der Waals surface area contributed by atoms with E-state index in [1.54, 1.807) is 0 Å². The molecule has 0 aromatic carbocycles. The molecule has 2 N–H and O–H groups in total. The van der Waals surface area contributed by atoms with E-state index >= 15 is 0 Å². The molecule has 0 amide bonds. The maximum absolute atomic E-state index is 4.94. The van der Waals surface area contributed by atoms with Crippen LogP contribution in [-0.4, -0.2) is 6.61 Å². The highest BCUT2D eigenvalue weighted by atomic mass is 16.6. The predicted octanol–water partition coefficient (Wildman–Crippen LogP) is 2.24. The van der Waals surface area contributed by atoms with Crippen molar-refractivity contribution < 1.29 is 4.84 Å². The molecule has 0 bridgehead atoms. The molecule has 0 radical (unpaired) electrons. The molecule has 11 heavy (non-hydrogen) atoms. The quantitative estimate of drug-likeness (QED) is 0.501. The van der Waals surface area contributed by atoms with E-state index < -0.39 is 0 Å². The fourth-order valence-corrected chi connectivity index (χ4v) is 1.93. The van der Waals surface area contributed by atoms with Crippen molar-refractivity contribution in [2.45, 2.75) is 44.9 Å². The Balaban J connectivity index is 1.96. The summed E-state index contributed by atoms with van der Waals surface area (Å²) in [5.74, 6) is 5.92. The van der Waals surface area contributed by atoms with Crippen molar-refractivity contribution >= 4 is 0 Å². The average molecular weight is 157 g/mol. The monoisotopic (exact) mass is 157 g/mol. The minimum Gasteiger partial charge on any atom is -0.305 e. The third kappa shape index (κ3) is 3.73. The van der Waals surface area contributed by atoms with E-state index in [0.717, 1.165) is 18.9 Å². The third-order valence-corrected chi connectivity index (χ3v) is 2.60. The molecule has 0 saturated heterocycles. The maximum Gasteiger partial charge on any atom is 0.0679 e. The second kappa shape index (κ2) is 5.56. The molecule has 0 aromatic heterocycles. The van der Waals surface area contributed by atoms with Crippen LogP contribution in [-0.2, 0) is 4.84 Å². The largest absolute Gasteiger partial charge is 0.305 e. The van der Waals surface area contributed by atoms with Gasteiger partial charge in [0.25, 0.3) is 0 Å². The maximum atomic E-state index is 4.94. The normalized spacial score (nSPS) is 20.5. The lowest BCUT2D eigenvalue weighted by molar-refractivity contribution is 0.127. The molecule has 2 heteroatoms. The van der Waals surface area contributed by atoms with Crippen LogP contribution in [0.25, 0.3) is 0 Å². The Bertz CT molecular complexity index is 89.6. The first kappa shape index (κ1) is 9.01. The zero-order chi connectivity index (χ0) is 7.94. The first-order valence-corrected chi connectivity index (χ1v) is 4.75. The lowest BCUT2D eigenvalue weighted by atomic mass is 9.86. The van der Waals surface area contributed by atoms with E-state index in [-0.39, 0.29) is 0 Å². The molecule has 0 heterocycles. The molecule has 66 valence electrons. The third-order valence-electron chi connectivity index (χ3n) is 2.60. The molecular weight excluding hydrogens is 138 g/mol. The van der Waals surface area contributed by atoms with Crippen LogP contribution in [0.3, 0.4) is 0 Å². The van der Waals surface area contributed by atoms with Crippen LogP contribution in [0.4, 0.5) is 0 Å². The van der Waals surface area contributed by atoms with Crippen molar-refractivity contribution in [2.24, 2.45) is 11.8 Å². The number of hydrogen-bond donors (Lipinski definition) is 1. The zero-order valence-electron chi connectivity index (χ0n) is 7.22. The lowest BCUT2D eigenvalue weighted by Crippen LogP contribution is -2.08. The Morgan fingerprint density at radius 3 is 2.55 bits per heavy atom. The van der Waals surface area contributed by atoms with Gasteiger partial charge in [0.05, 0.1) is 6.61 Å². The van der Waals surface area contributed by atoms with Gasteiger partial charge in [-0.15, -0.1) is 0 Å². The summed E-state index contributed by atoms with van der Waals surface area (Å²) in [5, 5.41) is 0. The Labute approximate surface area is 69.1 Å². The molecule has 0 unspecified atom stereocenters. The van der Waals surface area contributed by atoms with Crippen LogP contribution < -0.4 is 5.90 Å². The average Bonchev–Trinajstić information content (AvgIpc) is 2.07. The highest BCUT2D eigenvalue weighted by Gasteiger charge is 2.12. The molecule has 1 fully saturated rings. The highest BCUT2D eigenvalue weighted by Crippen LogP contribution is 2.26. The van der Waals surface area contributed by atoms with Crippen LogP contribution in [0.15, 0.2) is 0 Å². The molecular formula is C9H19NO. The van der Waals surface area contributed by atoms with E-state index in [1.807, 2.05) is 0 Å². The van der Waals surface area contributed by atoms with E-state index in [2.05, 4.69) is 4.84 Å². The predicted molar refractivity (Wildman–Crippen MR) is 45.9 cm³/mol. The summed E-state index contributed by atoms with van der Waals surface area (Å²) in [6, 6.07) is 0. The Morgan fingerprint density at radius 1 is 1.18 bits per heavy atom. The fourth-order valence-electron chi connectivity index (χ4n) is 1.93. The fraction of sp³-hybridized carbons (Fsp3) is 1.00. The van der Waals surface area contributed by atoms with Crippen molar-refractivity contribution in [3.05, 3.63) is 0 Å². The summed E-state index contributed by atoms with van der Waals surface area (Å²) in [7, 11) is 0. The zero-order valence-corrected chi connectivity index (χ0v) is 7.22. The van der Waals surface area contributed by atoms with Gasteiger partial charge < -0.3 is 4.84 Å². The van der Waals surface area contributed by atoms with E-state index in [0.29, 0.717) is 0 Å². The Kier molecular flexibility index (Phi) is 4.55. The van der Waals surface area contributed by atoms with E-state index in [4.69, 9.17) is 5.90 Å². The smallest absolute Gasteiger partial charge is 0.0679 e. The number of hydrogen-bond acceptors (Lipinski definition) is 2. The molecule has 1 aliphatic carbocycles. The van der Waals surface area contributed by atoms with E-state index in [1.165, 1.54) is 38.5 Å². The molecule has 2 nitrogen and oxygen atoms in total. The summed E-state index contributed by atoms with van der Waals surface area (Å²) in [5.41, 5.74) is 0. The molecule has 0 aromatic rings. The van der Waals surface area contributed by atoms with E-state index in [9.17, 15) is 0 Å². The SMILES string of the molecule is NOCCCC1CCCCC1. The van der Waals surface area contributed by atoms with Crippen LogP contribution in [0, 0.1) is 5.92 Å². The second-order valence-corrected chi connectivity index (χ2v) is 3.52. The van der Waals surface area contributed by atoms with Crippen molar-refractivity contribution in [3.63, 3.8) is 0 Å². The van der Waals surface area contributed by atoms with Crippen LogP contribution in [0.1, 0.15) is 44.9 Å². The summed E-state index contributed by atoms with van der Waals surface area (Å²) < 4.78 is 0. The summed E-state index contributed by atoms with van der Waals surface area (Å²) in [6.45, 7) is 0.733. The van der Waals surface area contributed by atoms with Gasteiger partial charge in [0.15, 0.2) is 0 Å². The van der Waals surface area contributed by atoms with Crippen LogP contribution in [0.5, 0.6) is 0 Å². The topological polar surface area (TPSA) is 35.2 Å². The highest BCUT2D eigenvalue weighted by molar-refractivity contribution is 4.65. The first-order valence-electron chi connectivity index (χ1n) is 4.75. The van der Waals surface area contributed by atoms with Crippen molar-refractivity contribution in [1.29, 1.82) is 0 Å². The second-order valence-electron chi connectivity index (χ2n) is 3.52. The van der Waals surface area contributed by atoms with Gasteiger partial charge in [-0.1, -0.05) is 32.1 Å². The van der Waals surface area contributed by atoms with Crippen molar-refractivity contribution in [3.8, 4) is 0 Å². The van der Waals surface area contributed by atoms with Crippen LogP contribution in [0.2, 0.25) is 0 Å². The summed E-state index contributed by atoms with van der Waals surface area (Å²) in [6.07, 6.45) is 9.65. The van der Waals surface area contributed by atoms with Gasteiger partial charge in [0.1, 0.15) is 0 Å². The van der Waals surface area contributed by atoms with Gasteiger partial charge in [-0.25, -0.2) is 5.90 Å². The molecule has 1 saturated carbocycles. The van der Waals surface area contributed by atoms with Crippen molar-refractivity contribution in [2.75, 3.05) is 6.61 Å². The number of rotatable bonds is 4. The minimum atomic E-state index is 0.733. The minimum absolute atomic E-state index is 0.733. The summed E-state index contributed by atoms with van der Waals surface area (Å²) in [4.78, 5) is 4.53. The Morgan fingerprint density at radius 2 is 1.91 bits per heavy atom. The van der Waals surface area contributed by atoms with Crippen LogP contribution >= 0.6 is 0 Å². The summed E-state index contributed by atoms with van der Waals surface area (Å²) >= 11 is 0. The molecule has 0 spiro atoms.